The van der Waals surface area contributed by atoms with Gasteiger partial charge in [-0.05, 0) is 32.2 Å². The van der Waals surface area contributed by atoms with Crippen molar-refractivity contribution in [3.8, 4) is 0 Å². The van der Waals surface area contributed by atoms with Crippen LogP contribution in [0.3, 0.4) is 0 Å². The second-order valence-electron chi connectivity index (χ2n) is 5.58. The van der Waals surface area contributed by atoms with Crippen molar-refractivity contribution in [1.29, 1.82) is 0 Å². The first kappa shape index (κ1) is 13.8. The molecule has 0 radical (unpaired) electrons. The molecule has 1 aliphatic carbocycles. The average molecular weight is 253 g/mol. The lowest BCUT2D eigenvalue weighted by Gasteiger charge is -2.17. The zero-order valence-electron chi connectivity index (χ0n) is 11.3. The van der Waals surface area contributed by atoms with E-state index in [-0.39, 0.29) is 11.9 Å². The van der Waals surface area contributed by atoms with E-state index in [1.54, 1.807) is 0 Å². The maximum Gasteiger partial charge on any atom is 0.237 e. The molecule has 4 heteroatoms. The highest BCUT2D eigenvalue weighted by atomic mass is 16.2. The first-order valence-electron chi connectivity index (χ1n) is 7.61. The molecule has 104 valence electrons. The number of hydrogen-bond donors (Lipinski definition) is 3. The first-order chi connectivity index (χ1) is 8.86. The van der Waals surface area contributed by atoms with Crippen LogP contribution in [0.15, 0.2) is 0 Å². The second-order valence-corrected chi connectivity index (χ2v) is 5.58. The molecule has 4 nitrogen and oxygen atoms in total. The van der Waals surface area contributed by atoms with E-state index in [1.807, 2.05) is 0 Å². The molecule has 18 heavy (non-hydrogen) atoms. The normalized spacial score (nSPS) is 25.9. The molecule has 2 rings (SSSR count). The number of nitrogens with one attached hydrogen (secondary N) is 3. The Hall–Kier alpha value is -0.610. The van der Waals surface area contributed by atoms with Gasteiger partial charge >= 0.3 is 0 Å². The standard InChI is InChI=1S/C14H27N3O/c18-14(13-8-5-9-16-13)17-11-10-15-12-6-3-1-2-4-7-12/h12-13,15-16H,1-11H2,(H,17,18). The summed E-state index contributed by atoms with van der Waals surface area (Å²) in [5.74, 6) is 0.176. The van der Waals surface area contributed by atoms with Gasteiger partial charge in [0.25, 0.3) is 0 Å². The Kier molecular flexibility index (Phi) is 5.94. The Balaban J connectivity index is 1.53. The van der Waals surface area contributed by atoms with Crippen molar-refractivity contribution in [3.05, 3.63) is 0 Å². The van der Waals surface area contributed by atoms with Crippen LogP contribution in [-0.4, -0.2) is 37.6 Å². The van der Waals surface area contributed by atoms with Crippen molar-refractivity contribution in [1.82, 2.24) is 16.0 Å². The predicted octanol–water partition coefficient (Wildman–Crippen LogP) is 1.17. The van der Waals surface area contributed by atoms with Gasteiger partial charge in [0.1, 0.15) is 0 Å². The minimum absolute atomic E-state index is 0.0582. The summed E-state index contributed by atoms with van der Waals surface area (Å²) in [5.41, 5.74) is 0. The summed E-state index contributed by atoms with van der Waals surface area (Å²) in [5, 5.41) is 9.81. The van der Waals surface area contributed by atoms with E-state index in [0.717, 1.165) is 32.5 Å². The van der Waals surface area contributed by atoms with Crippen LogP contribution in [0.2, 0.25) is 0 Å². The van der Waals surface area contributed by atoms with Gasteiger partial charge in [-0.2, -0.15) is 0 Å². The lowest BCUT2D eigenvalue weighted by atomic mass is 10.1. The van der Waals surface area contributed by atoms with Crippen LogP contribution < -0.4 is 16.0 Å². The molecule has 1 saturated carbocycles. The third kappa shape index (κ3) is 4.58. The lowest BCUT2D eigenvalue weighted by molar-refractivity contribution is -0.122. The van der Waals surface area contributed by atoms with E-state index in [9.17, 15) is 4.79 Å². The zero-order chi connectivity index (χ0) is 12.6. The van der Waals surface area contributed by atoms with E-state index in [1.165, 1.54) is 38.5 Å². The topological polar surface area (TPSA) is 53.2 Å². The van der Waals surface area contributed by atoms with E-state index in [2.05, 4.69) is 16.0 Å². The van der Waals surface area contributed by atoms with E-state index < -0.39 is 0 Å². The van der Waals surface area contributed by atoms with Crippen LogP contribution in [-0.2, 0) is 4.79 Å². The van der Waals surface area contributed by atoms with Gasteiger partial charge in [-0.1, -0.05) is 25.7 Å². The molecule has 1 unspecified atom stereocenters. The Labute approximate surface area is 110 Å². The number of carbonyl (C=O) groups is 1. The van der Waals surface area contributed by atoms with E-state index >= 15 is 0 Å². The Morgan fingerprint density at radius 2 is 1.78 bits per heavy atom. The largest absolute Gasteiger partial charge is 0.353 e. The molecule has 0 spiro atoms. The Morgan fingerprint density at radius 3 is 2.44 bits per heavy atom. The van der Waals surface area contributed by atoms with Gasteiger partial charge < -0.3 is 16.0 Å². The Bertz CT molecular complexity index is 243. The third-order valence-electron chi connectivity index (χ3n) is 4.09. The van der Waals surface area contributed by atoms with Crippen LogP contribution in [0, 0.1) is 0 Å². The fourth-order valence-electron chi connectivity index (χ4n) is 2.98. The molecule has 1 saturated heterocycles. The summed E-state index contributed by atoms with van der Waals surface area (Å²) in [4.78, 5) is 11.8. The summed E-state index contributed by atoms with van der Waals surface area (Å²) in [6.45, 7) is 2.65. The van der Waals surface area contributed by atoms with Crippen LogP contribution in [0.25, 0.3) is 0 Å². The van der Waals surface area contributed by atoms with Crippen molar-refractivity contribution < 1.29 is 4.79 Å². The number of hydrogen-bond acceptors (Lipinski definition) is 3. The fourth-order valence-corrected chi connectivity index (χ4v) is 2.98. The van der Waals surface area contributed by atoms with Gasteiger partial charge in [0.15, 0.2) is 0 Å². The summed E-state index contributed by atoms with van der Waals surface area (Å²) in [6, 6.07) is 0.733. The zero-order valence-corrected chi connectivity index (χ0v) is 11.3. The summed E-state index contributed by atoms with van der Waals surface area (Å²) >= 11 is 0. The second kappa shape index (κ2) is 7.74. The molecule has 3 N–H and O–H groups in total. The Morgan fingerprint density at radius 1 is 1.00 bits per heavy atom. The molecular formula is C14H27N3O. The number of rotatable bonds is 5. The quantitative estimate of drug-likeness (QED) is 0.509. The smallest absolute Gasteiger partial charge is 0.237 e. The molecule has 1 aliphatic heterocycles. The number of carbonyl (C=O) groups excluding carboxylic acids is 1. The van der Waals surface area contributed by atoms with E-state index in [0.29, 0.717) is 6.04 Å². The minimum atomic E-state index is 0.0582. The van der Waals surface area contributed by atoms with Crippen molar-refractivity contribution in [2.45, 2.75) is 63.5 Å². The highest BCUT2D eigenvalue weighted by Crippen LogP contribution is 2.16. The SMILES string of the molecule is O=C(NCCNC1CCCCCC1)C1CCCN1. The monoisotopic (exact) mass is 253 g/mol. The minimum Gasteiger partial charge on any atom is -0.353 e. The van der Waals surface area contributed by atoms with Crippen LogP contribution in [0.4, 0.5) is 0 Å². The highest BCUT2D eigenvalue weighted by molar-refractivity contribution is 5.81. The van der Waals surface area contributed by atoms with Gasteiger partial charge in [0.2, 0.25) is 5.91 Å². The maximum atomic E-state index is 11.8. The average Bonchev–Trinajstić information content (AvgIpc) is 2.80. The molecule has 0 aromatic heterocycles. The van der Waals surface area contributed by atoms with Crippen LogP contribution >= 0.6 is 0 Å². The fraction of sp³-hybridized carbons (Fsp3) is 0.929. The van der Waals surface area contributed by atoms with E-state index in [4.69, 9.17) is 0 Å². The molecular weight excluding hydrogens is 226 g/mol. The summed E-state index contributed by atoms with van der Waals surface area (Å²) in [7, 11) is 0. The molecule has 2 aliphatic rings. The predicted molar refractivity (Wildman–Crippen MR) is 73.5 cm³/mol. The first-order valence-corrected chi connectivity index (χ1v) is 7.61. The van der Waals surface area contributed by atoms with Crippen molar-refractivity contribution in [3.63, 3.8) is 0 Å². The van der Waals surface area contributed by atoms with Crippen LogP contribution in [0.5, 0.6) is 0 Å². The van der Waals surface area contributed by atoms with Gasteiger partial charge in [-0.25, -0.2) is 0 Å². The van der Waals surface area contributed by atoms with Gasteiger partial charge in [-0.3, -0.25) is 4.79 Å². The molecule has 0 bridgehead atoms. The molecule has 0 aromatic carbocycles. The van der Waals surface area contributed by atoms with Crippen molar-refractivity contribution in [2.75, 3.05) is 19.6 Å². The lowest BCUT2D eigenvalue weighted by Crippen LogP contribution is -2.43. The number of amides is 1. The molecule has 1 atom stereocenters. The molecule has 1 amide bonds. The molecule has 1 heterocycles. The van der Waals surface area contributed by atoms with Crippen LogP contribution in [0.1, 0.15) is 51.4 Å². The van der Waals surface area contributed by atoms with Gasteiger partial charge in [0, 0.05) is 19.1 Å². The van der Waals surface area contributed by atoms with Gasteiger partial charge in [-0.15, -0.1) is 0 Å². The highest BCUT2D eigenvalue weighted by Gasteiger charge is 2.21. The van der Waals surface area contributed by atoms with Crippen molar-refractivity contribution >= 4 is 5.91 Å². The summed E-state index contributed by atoms with van der Waals surface area (Å²) < 4.78 is 0. The van der Waals surface area contributed by atoms with Gasteiger partial charge in [0.05, 0.1) is 6.04 Å². The summed E-state index contributed by atoms with van der Waals surface area (Å²) in [6.07, 6.45) is 10.2. The molecule has 0 aromatic rings. The maximum absolute atomic E-state index is 11.8. The van der Waals surface area contributed by atoms with Crippen molar-refractivity contribution in [2.24, 2.45) is 0 Å². The third-order valence-corrected chi connectivity index (χ3v) is 4.09. The molecule has 2 fully saturated rings.